The van der Waals surface area contributed by atoms with Crippen molar-refractivity contribution in [2.75, 3.05) is 19.8 Å². The number of fused-ring (bicyclic) bond motifs is 2. The molecule has 2 rings (SSSR count). The molecular formula is C15H26O3. The highest BCUT2D eigenvalue weighted by Gasteiger charge is 2.60. The van der Waals surface area contributed by atoms with Gasteiger partial charge in [0.15, 0.2) is 0 Å². The van der Waals surface area contributed by atoms with Gasteiger partial charge in [0, 0.05) is 24.5 Å². The van der Waals surface area contributed by atoms with Crippen molar-refractivity contribution in [3.63, 3.8) is 0 Å². The van der Waals surface area contributed by atoms with E-state index < -0.39 is 0 Å². The van der Waals surface area contributed by atoms with E-state index in [1.807, 2.05) is 0 Å². The van der Waals surface area contributed by atoms with E-state index in [2.05, 4.69) is 20.4 Å². The minimum absolute atomic E-state index is 0.0456. The predicted octanol–water partition coefficient (Wildman–Crippen LogP) is 1.43. The van der Waals surface area contributed by atoms with Crippen LogP contribution in [0, 0.1) is 35.0 Å². The van der Waals surface area contributed by atoms with Crippen molar-refractivity contribution in [2.45, 2.75) is 26.7 Å². The fourth-order valence-electron chi connectivity index (χ4n) is 4.65. The summed E-state index contributed by atoms with van der Waals surface area (Å²) >= 11 is 0. The molecule has 0 spiro atoms. The Morgan fingerprint density at radius 3 is 2.39 bits per heavy atom. The van der Waals surface area contributed by atoms with Crippen LogP contribution in [-0.2, 0) is 0 Å². The van der Waals surface area contributed by atoms with Gasteiger partial charge in [-0.15, -0.1) is 0 Å². The molecule has 0 aliphatic heterocycles. The molecule has 0 radical (unpaired) electrons. The first-order valence-corrected chi connectivity index (χ1v) is 7.05. The Balaban J connectivity index is 2.42. The summed E-state index contributed by atoms with van der Waals surface area (Å²) < 4.78 is 0. The molecule has 0 aromatic rings. The smallest absolute Gasteiger partial charge is 0.0528 e. The van der Waals surface area contributed by atoms with E-state index in [1.165, 1.54) is 0 Å². The third-order valence-corrected chi connectivity index (χ3v) is 5.68. The van der Waals surface area contributed by atoms with Crippen LogP contribution < -0.4 is 0 Å². The van der Waals surface area contributed by atoms with Crippen LogP contribution in [0.15, 0.2) is 12.2 Å². The van der Waals surface area contributed by atoms with Gasteiger partial charge in [0.1, 0.15) is 0 Å². The van der Waals surface area contributed by atoms with Crippen molar-refractivity contribution in [3.05, 3.63) is 12.2 Å². The molecule has 2 saturated carbocycles. The van der Waals surface area contributed by atoms with Crippen molar-refractivity contribution in [1.29, 1.82) is 0 Å². The molecule has 3 heteroatoms. The van der Waals surface area contributed by atoms with E-state index in [4.69, 9.17) is 0 Å². The van der Waals surface area contributed by atoms with Gasteiger partial charge in [0.25, 0.3) is 0 Å². The molecule has 2 aliphatic carbocycles. The molecule has 2 bridgehead atoms. The van der Waals surface area contributed by atoms with E-state index in [0.717, 1.165) is 18.4 Å². The second-order valence-corrected chi connectivity index (χ2v) is 6.44. The topological polar surface area (TPSA) is 60.7 Å². The molecule has 0 heterocycles. The van der Waals surface area contributed by atoms with E-state index >= 15 is 0 Å². The second-order valence-electron chi connectivity index (χ2n) is 6.44. The number of hydrogen-bond donors (Lipinski definition) is 3. The van der Waals surface area contributed by atoms with Crippen molar-refractivity contribution >= 4 is 0 Å². The van der Waals surface area contributed by atoms with Crippen molar-refractivity contribution in [1.82, 2.24) is 0 Å². The molecule has 18 heavy (non-hydrogen) atoms. The summed E-state index contributed by atoms with van der Waals surface area (Å²) in [5, 5.41) is 29.3. The lowest BCUT2D eigenvalue weighted by Gasteiger charge is -2.44. The fraction of sp³-hybridized carbons (Fsp3) is 0.867. The summed E-state index contributed by atoms with van der Waals surface area (Å²) in [7, 11) is 0. The first-order chi connectivity index (χ1) is 8.53. The van der Waals surface area contributed by atoms with Gasteiger partial charge in [-0.05, 0) is 36.5 Å². The molecule has 5 atom stereocenters. The summed E-state index contributed by atoms with van der Waals surface area (Å²) in [5.74, 6) is 1.44. The Bertz CT molecular complexity index is 326. The summed E-state index contributed by atoms with van der Waals surface area (Å²) in [5.41, 5.74) is 0.623. The number of rotatable bonds is 4. The molecule has 0 aromatic carbocycles. The van der Waals surface area contributed by atoms with Crippen molar-refractivity contribution in [3.8, 4) is 0 Å². The van der Waals surface area contributed by atoms with Gasteiger partial charge < -0.3 is 15.3 Å². The lowest BCUT2D eigenvalue weighted by Crippen LogP contribution is -2.43. The monoisotopic (exact) mass is 254 g/mol. The minimum Gasteiger partial charge on any atom is -0.396 e. The van der Waals surface area contributed by atoms with Gasteiger partial charge in [-0.3, -0.25) is 0 Å². The van der Waals surface area contributed by atoms with Gasteiger partial charge in [0.2, 0.25) is 0 Å². The molecular weight excluding hydrogens is 228 g/mol. The van der Waals surface area contributed by atoms with Crippen LogP contribution in [0.1, 0.15) is 26.7 Å². The van der Waals surface area contributed by atoms with Crippen LogP contribution in [0.25, 0.3) is 0 Å². The van der Waals surface area contributed by atoms with Gasteiger partial charge in [0.05, 0.1) is 6.61 Å². The first kappa shape index (κ1) is 14.0. The molecule has 3 nitrogen and oxygen atoms in total. The highest BCUT2D eigenvalue weighted by atomic mass is 16.3. The number of hydrogen-bond acceptors (Lipinski definition) is 3. The molecule has 2 aliphatic rings. The quantitative estimate of drug-likeness (QED) is 0.665. The van der Waals surface area contributed by atoms with E-state index in [1.54, 1.807) is 0 Å². The SMILES string of the molecule is C=C1[C@H](CO)[C@@H]2[C@@H](C(C)C)CC[C@@]1(CO)[C@H]2CO. The zero-order chi connectivity index (χ0) is 13.5. The Morgan fingerprint density at radius 2 is 1.94 bits per heavy atom. The highest BCUT2D eigenvalue weighted by Crippen LogP contribution is 2.63. The fourth-order valence-corrected chi connectivity index (χ4v) is 4.65. The summed E-state index contributed by atoms with van der Waals surface area (Å²) in [6.07, 6.45) is 1.96. The predicted molar refractivity (Wildman–Crippen MR) is 70.9 cm³/mol. The average Bonchev–Trinajstić information content (AvgIpc) is 2.52. The normalized spacial score (nSPS) is 43.8. The van der Waals surface area contributed by atoms with Crippen LogP contribution in [0.2, 0.25) is 0 Å². The molecule has 3 N–H and O–H groups in total. The second kappa shape index (κ2) is 4.95. The van der Waals surface area contributed by atoms with Gasteiger partial charge in [-0.25, -0.2) is 0 Å². The molecule has 2 fully saturated rings. The van der Waals surface area contributed by atoms with E-state index in [9.17, 15) is 15.3 Å². The Kier molecular flexibility index (Phi) is 3.86. The number of aliphatic hydroxyl groups is 3. The maximum absolute atomic E-state index is 9.82. The lowest BCUT2D eigenvalue weighted by atomic mass is 9.61. The van der Waals surface area contributed by atoms with Crippen molar-refractivity contribution in [2.24, 2.45) is 35.0 Å². The van der Waals surface area contributed by atoms with Gasteiger partial charge in [-0.1, -0.05) is 26.0 Å². The van der Waals surface area contributed by atoms with Crippen LogP contribution in [0.5, 0.6) is 0 Å². The standard InChI is InChI=1S/C15H26O3/c1-9(2)11-4-5-15(8-18)10(3)12(6-16)14(11)13(15)7-17/h9,11-14,16-18H,3-8H2,1-2H3/t11-,12+,13+,14+,15+/m1/s1. The zero-order valence-electron chi connectivity index (χ0n) is 11.5. The summed E-state index contributed by atoms with van der Waals surface area (Å²) in [4.78, 5) is 0. The summed E-state index contributed by atoms with van der Waals surface area (Å²) in [6.45, 7) is 8.80. The Labute approximate surface area is 110 Å². The van der Waals surface area contributed by atoms with Crippen LogP contribution in [0.4, 0.5) is 0 Å². The third kappa shape index (κ3) is 1.68. The number of aliphatic hydroxyl groups excluding tert-OH is 3. The largest absolute Gasteiger partial charge is 0.396 e. The molecule has 0 aromatic heterocycles. The Hall–Kier alpha value is -0.380. The van der Waals surface area contributed by atoms with E-state index in [-0.39, 0.29) is 43.0 Å². The molecule has 0 unspecified atom stereocenters. The van der Waals surface area contributed by atoms with Crippen LogP contribution >= 0.6 is 0 Å². The minimum atomic E-state index is -0.349. The molecule has 0 amide bonds. The van der Waals surface area contributed by atoms with Gasteiger partial charge >= 0.3 is 0 Å². The summed E-state index contributed by atoms with van der Waals surface area (Å²) in [6, 6.07) is 0. The van der Waals surface area contributed by atoms with Crippen molar-refractivity contribution < 1.29 is 15.3 Å². The van der Waals surface area contributed by atoms with Crippen LogP contribution in [-0.4, -0.2) is 35.1 Å². The van der Waals surface area contributed by atoms with Gasteiger partial charge in [-0.2, -0.15) is 0 Å². The maximum atomic E-state index is 9.82. The third-order valence-electron chi connectivity index (χ3n) is 5.68. The molecule has 104 valence electrons. The molecule has 0 saturated heterocycles. The maximum Gasteiger partial charge on any atom is 0.0528 e. The Morgan fingerprint density at radius 1 is 1.28 bits per heavy atom. The highest BCUT2D eigenvalue weighted by molar-refractivity contribution is 5.28. The zero-order valence-corrected chi connectivity index (χ0v) is 11.5. The average molecular weight is 254 g/mol. The van der Waals surface area contributed by atoms with Crippen LogP contribution in [0.3, 0.4) is 0 Å². The van der Waals surface area contributed by atoms with E-state index in [0.29, 0.717) is 11.8 Å². The first-order valence-electron chi connectivity index (χ1n) is 7.05. The lowest BCUT2D eigenvalue weighted by molar-refractivity contribution is -0.0231.